The van der Waals surface area contributed by atoms with Crippen LogP contribution in [0.3, 0.4) is 0 Å². The summed E-state index contributed by atoms with van der Waals surface area (Å²) in [5, 5.41) is 13.7. The van der Waals surface area contributed by atoms with Crippen LogP contribution in [0.2, 0.25) is 0 Å². The maximum absolute atomic E-state index is 12.7. The number of amides is 1. The maximum atomic E-state index is 12.7. The number of nitro benzene ring substituents is 1. The van der Waals surface area contributed by atoms with Crippen LogP contribution in [0.15, 0.2) is 48.5 Å². The largest absolute Gasteiger partial charge is 0.491 e. The average Bonchev–Trinajstić information content (AvgIpc) is 2.66. The summed E-state index contributed by atoms with van der Waals surface area (Å²) in [5.41, 5.74) is 0.867. The number of ether oxygens (including phenoxy) is 1. The summed E-state index contributed by atoms with van der Waals surface area (Å²) in [4.78, 5) is 23.1. The molecule has 0 aliphatic rings. The molecule has 0 unspecified atom stereocenters. The summed E-state index contributed by atoms with van der Waals surface area (Å²) >= 11 is 0. The van der Waals surface area contributed by atoms with Gasteiger partial charge in [-0.1, -0.05) is 23.8 Å². The number of hydrogen-bond acceptors (Lipinski definition) is 6. The smallest absolute Gasteiger partial charge is 0.271 e. The minimum absolute atomic E-state index is 0.0397. The number of nitrogens with zero attached hydrogens (tertiary/aromatic N) is 2. The molecule has 1 N–H and O–H groups in total. The number of benzene rings is 2. The van der Waals surface area contributed by atoms with Crippen molar-refractivity contribution in [1.29, 1.82) is 0 Å². The molecule has 0 heterocycles. The highest BCUT2D eigenvalue weighted by atomic mass is 32.2. The van der Waals surface area contributed by atoms with Crippen molar-refractivity contribution < 1.29 is 22.9 Å². The van der Waals surface area contributed by atoms with Gasteiger partial charge in [-0.2, -0.15) is 0 Å². The van der Waals surface area contributed by atoms with E-state index in [1.54, 1.807) is 6.92 Å². The first kappa shape index (κ1) is 23.1. The molecule has 2 rings (SSSR count). The van der Waals surface area contributed by atoms with Crippen molar-refractivity contribution in [3.8, 4) is 5.75 Å². The molecule has 0 bridgehead atoms. The van der Waals surface area contributed by atoms with E-state index in [4.69, 9.17) is 4.74 Å². The Hall–Kier alpha value is -3.14. The molecule has 30 heavy (non-hydrogen) atoms. The Morgan fingerprint density at radius 2 is 1.83 bits per heavy atom. The molecule has 0 saturated heterocycles. The summed E-state index contributed by atoms with van der Waals surface area (Å²) in [5.74, 6) is 0.107. The molecule has 2 aromatic carbocycles. The fourth-order valence-electron chi connectivity index (χ4n) is 2.81. The van der Waals surface area contributed by atoms with Gasteiger partial charge < -0.3 is 10.1 Å². The van der Waals surface area contributed by atoms with E-state index in [0.29, 0.717) is 5.75 Å². The van der Waals surface area contributed by atoms with E-state index in [-0.39, 0.29) is 18.0 Å². The Kier molecular flexibility index (Phi) is 7.38. The maximum Gasteiger partial charge on any atom is 0.271 e. The van der Waals surface area contributed by atoms with Gasteiger partial charge in [-0.15, -0.1) is 0 Å². The van der Waals surface area contributed by atoms with E-state index < -0.39 is 32.9 Å². The number of nitro groups is 1. The third-order valence-electron chi connectivity index (χ3n) is 4.29. The standard InChI is InChI=1S/C20H25N3O6S/c1-14-8-10-19(11-9-14)29-13-15(2)21-20(24)16(3)22(30(4,27)28)17-6-5-7-18(12-17)23(25)26/h5-12,15-16H,13H2,1-4H3,(H,21,24)/t15-,16+/m0/s1. The third-order valence-corrected chi connectivity index (χ3v) is 5.53. The highest BCUT2D eigenvalue weighted by Crippen LogP contribution is 2.25. The molecule has 0 aromatic heterocycles. The topological polar surface area (TPSA) is 119 Å². The fraction of sp³-hybridized carbons (Fsp3) is 0.350. The predicted molar refractivity (Wildman–Crippen MR) is 114 cm³/mol. The molecule has 2 aromatic rings. The molecule has 0 spiro atoms. The van der Waals surface area contributed by atoms with Crippen molar-refractivity contribution in [3.63, 3.8) is 0 Å². The number of carbonyl (C=O) groups excluding carboxylic acids is 1. The van der Waals surface area contributed by atoms with E-state index in [0.717, 1.165) is 22.2 Å². The van der Waals surface area contributed by atoms with Gasteiger partial charge >= 0.3 is 0 Å². The summed E-state index contributed by atoms with van der Waals surface area (Å²) in [6, 6.07) is 11.1. The lowest BCUT2D eigenvalue weighted by atomic mass is 10.2. The molecule has 0 fully saturated rings. The lowest BCUT2D eigenvalue weighted by Crippen LogP contribution is -2.50. The molecule has 1 amide bonds. The van der Waals surface area contributed by atoms with E-state index in [2.05, 4.69) is 5.32 Å². The first-order valence-electron chi connectivity index (χ1n) is 9.22. The lowest BCUT2D eigenvalue weighted by Gasteiger charge is -2.29. The quantitative estimate of drug-likeness (QED) is 0.478. The number of rotatable bonds is 9. The minimum atomic E-state index is -3.88. The zero-order valence-corrected chi connectivity index (χ0v) is 18.0. The van der Waals surface area contributed by atoms with Crippen LogP contribution >= 0.6 is 0 Å². The van der Waals surface area contributed by atoms with Crippen molar-refractivity contribution in [1.82, 2.24) is 5.32 Å². The van der Waals surface area contributed by atoms with Crippen molar-refractivity contribution >= 4 is 27.3 Å². The van der Waals surface area contributed by atoms with Gasteiger partial charge in [0.1, 0.15) is 18.4 Å². The van der Waals surface area contributed by atoms with Crippen LogP contribution in [-0.2, 0) is 14.8 Å². The average molecular weight is 436 g/mol. The molecular weight excluding hydrogens is 410 g/mol. The molecule has 0 aliphatic carbocycles. The Bertz CT molecular complexity index is 1010. The first-order chi connectivity index (χ1) is 14.0. The highest BCUT2D eigenvalue weighted by molar-refractivity contribution is 7.92. The lowest BCUT2D eigenvalue weighted by molar-refractivity contribution is -0.384. The summed E-state index contributed by atoms with van der Waals surface area (Å²) in [7, 11) is -3.88. The van der Waals surface area contributed by atoms with Crippen molar-refractivity contribution in [3.05, 3.63) is 64.2 Å². The van der Waals surface area contributed by atoms with E-state index in [9.17, 15) is 23.3 Å². The molecule has 9 nitrogen and oxygen atoms in total. The summed E-state index contributed by atoms with van der Waals surface area (Å²) in [6.07, 6.45) is 0.944. The third kappa shape index (κ3) is 6.18. The highest BCUT2D eigenvalue weighted by Gasteiger charge is 2.30. The second-order valence-corrected chi connectivity index (χ2v) is 8.90. The van der Waals surface area contributed by atoms with Gasteiger partial charge in [-0.25, -0.2) is 8.42 Å². The molecule has 0 aliphatic heterocycles. The first-order valence-corrected chi connectivity index (χ1v) is 11.1. The van der Waals surface area contributed by atoms with Gasteiger partial charge in [0.2, 0.25) is 15.9 Å². The number of anilines is 1. The molecule has 0 saturated carbocycles. The summed E-state index contributed by atoms with van der Waals surface area (Å²) in [6.45, 7) is 5.31. The van der Waals surface area contributed by atoms with Gasteiger partial charge in [0, 0.05) is 12.1 Å². The molecule has 0 radical (unpaired) electrons. The molecular formula is C20H25N3O6S. The number of aryl methyl sites for hydroxylation is 1. The van der Waals surface area contributed by atoms with Crippen LogP contribution < -0.4 is 14.4 Å². The van der Waals surface area contributed by atoms with Crippen LogP contribution in [0, 0.1) is 17.0 Å². The van der Waals surface area contributed by atoms with Crippen LogP contribution in [0.5, 0.6) is 5.75 Å². The Labute approximate surface area is 175 Å². The predicted octanol–water partition coefficient (Wildman–Crippen LogP) is 2.64. The van der Waals surface area contributed by atoms with E-state index in [1.807, 2.05) is 31.2 Å². The van der Waals surface area contributed by atoms with Gasteiger partial charge in [0.15, 0.2) is 0 Å². The Balaban J connectivity index is 2.10. The van der Waals surface area contributed by atoms with Gasteiger partial charge in [-0.05, 0) is 39.0 Å². The van der Waals surface area contributed by atoms with Gasteiger partial charge in [0.05, 0.1) is 22.9 Å². The van der Waals surface area contributed by atoms with Crippen LogP contribution in [0.4, 0.5) is 11.4 Å². The van der Waals surface area contributed by atoms with Crippen LogP contribution in [0.25, 0.3) is 0 Å². The second-order valence-electron chi connectivity index (χ2n) is 7.05. The number of hydrogen-bond donors (Lipinski definition) is 1. The van der Waals surface area contributed by atoms with Crippen molar-refractivity contribution in [2.75, 3.05) is 17.2 Å². The Morgan fingerprint density at radius 3 is 2.40 bits per heavy atom. The zero-order chi connectivity index (χ0) is 22.5. The monoisotopic (exact) mass is 435 g/mol. The number of non-ortho nitro benzene ring substituents is 1. The second kappa shape index (κ2) is 9.57. The Morgan fingerprint density at radius 1 is 1.20 bits per heavy atom. The molecule has 162 valence electrons. The fourth-order valence-corrected chi connectivity index (χ4v) is 3.98. The minimum Gasteiger partial charge on any atom is -0.491 e. The van der Waals surface area contributed by atoms with E-state index in [1.165, 1.54) is 25.1 Å². The molecule has 10 heteroatoms. The SMILES string of the molecule is Cc1ccc(OC[C@H](C)NC(=O)[C@@H](C)N(c2cccc([N+](=O)[O-])c2)S(C)(=O)=O)cc1. The van der Waals surface area contributed by atoms with Crippen LogP contribution in [0.1, 0.15) is 19.4 Å². The summed E-state index contributed by atoms with van der Waals surface area (Å²) < 4.78 is 31.2. The van der Waals surface area contributed by atoms with Crippen molar-refractivity contribution in [2.24, 2.45) is 0 Å². The van der Waals surface area contributed by atoms with E-state index >= 15 is 0 Å². The molecule has 2 atom stereocenters. The zero-order valence-electron chi connectivity index (χ0n) is 17.2. The number of carbonyl (C=O) groups is 1. The normalized spacial score (nSPS) is 13.2. The number of sulfonamides is 1. The van der Waals surface area contributed by atoms with Crippen LogP contribution in [-0.4, -0.2) is 44.2 Å². The van der Waals surface area contributed by atoms with Gasteiger partial charge in [-0.3, -0.25) is 19.2 Å². The van der Waals surface area contributed by atoms with Crippen molar-refractivity contribution in [2.45, 2.75) is 32.9 Å². The van der Waals surface area contributed by atoms with Gasteiger partial charge in [0.25, 0.3) is 5.69 Å². The number of nitrogens with one attached hydrogen (secondary N) is 1.